The molecule has 3 heterocycles. The summed E-state index contributed by atoms with van der Waals surface area (Å²) in [6, 6.07) is 1.70. The SMILES string of the molecule is O=C1CN(C(=O)Cn2cnc3sccc3c2=O)CCN1. The Morgan fingerprint density at radius 2 is 2.30 bits per heavy atom. The number of carbonyl (C=O) groups is 2. The summed E-state index contributed by atoms with van der Waals surface area (Å²) in [5, 5.41) is 4.96. The molecule has 0 spiro atoms. The highest BCUT2D eigenvalue weighted by Crippen LogP contribution is 2.13. The third-order valence-electron chi connectivity index (χ3n) is 3.15. The Bertz CT molecular complexity index is 736. The lowest BCUT2D eigenvalue weighted by atomic mass is 10.3. The lowest BCUT2D eigenvalue weighted by molar-refractivity contribution is -0.138. The van der Waals surface area contributed by atoms with Crippen LogP contribution < -0.4 is 10.9 Å². The molecule has 3 rings (SSSR count). The third kappa shape index (κ3) is 2.29. The van der Waals surface area contributed by atoms with Crippen LogP contribution in [0.4, 0.5) is 0 Å². The number of nitrogens with one attached hydrogen (secondary N) is 1. The molecule has 0 bridgehead atoms. The molecule has 8 heteroatoms. The van der Waals surface area contributed by atoms with Crippen LogP contribution >= 0.6 is 11.3 Å². The average molecular weight is 292 g/mol. The van der Waals surface area contributed by atoms with Gasteiger partial charge in [0.05, 0.1) is 18.3 Å². The zero-order valence-corrected chi connectivity index (χ0v) is 11.4. The molecule has 2 aromatic heterocycles. The minimum atomic E-state index is -0.252. The number of aromatic nitrogens is 2. The third-order valence-corrected chi connectivity index (χ3v) is 3.97. The van der Waals surface area contributed by atoms with Crippen LogP contribution in [0.1, 0.15) is 0 Å². The van der Waals surface area contributed by atoms with Crippen molar-refractivity contribution in [2.45, 2.75) is 6.54 Å². The fourth-order valence-corrected chi connectivity index (χ4v) is 2.83. The standard InChI is InChI=1S/C12H12N4O3S/c17-9-5-15(3-2-13-9)10(18)6-16-7-14-11-8(12(16)19)1-4-20-11/h1,4,7H,2-3,5-6H2,(H,13,17). The van der Waals surface area contributed by atoms with Crippen molar-refractivity contribution in [1.82, 2.24) is 19.8 Å². The maximum Gasteiger partial charge on any atom is 0.262 e. The number of nitrogens with zero attached hydrogens (tertiary/aromatic N) is 3. The predicted octanol–water partition coefficient (Wildman–Crippen LogP) is -0.584. The van der Waals surface area contributed by atoms with Gasteiger partial charge >= 0.3 is 0 Å². The van der Waals surface area contributed by atoms with Crippen LogP contribution in [-0.2, 0) is 16.1 Å². The number of piperazine rings is 1. The molecule has 7 nitrogen and oxygen atoms in total. The second kappa shape index (κ2) is 5.04. The molecule has 20 heavy (non-hydrogen) atoms. The van der Waals surface area contributed by atoms with Crippen LogP contribution in [0.25, 0.3) is 10.2 Å². The van der Waals surface area contributed by atoms with Gasteiger partial charge in [0.25, 0.3) is 5.56 Å². The minimum absolute atomic E-state index is 0.0434. The fourth-order valence-electron chi connectivity index (χ4n) is 2.10. The molecule has 0 radical (unpaired) electrons. The van der Waals surface area contributed by atoms with Gasteiger partial charge in [-0.1, -0.05) is 0 Å². The van der Waals surface area contributed by atoms with Gasteiger partial charge in [-0.3, -0.25) is 19.0 Å². The van der Waals surface area contributed by atoms with Gasteiger partial charge < -0.3 is 10.2 Å². The summed E-state index contributed by atoms with van der Waals surface area (Å²) < 4.78 is 1.28. The monoisotopic (exact) mass is 292 g/mol. The Morgan fingerprint density at radius 1 is 1.45 bits per heavy atom. The van der Waals surface area contributed by atoms with Gasteiger partial charge in [0.2, 0.25) is 11.8 Å². The normalized spacial score (nSPS) is 15.4. The largest absolute Gasteiger partial charge is 0.353 e. The number of amides is 2. The van der Waals surface area contributed by atoms with Gasteiger partial charge in [-0.05, 0) is 11.4 Å². The van der Waals surface area contributed by atoms with Gasteiger partial charge in [-0.2, -0.15) is 0 Å². The molecule has 1 N–H and O–H groups in total. The zero-order valence-electron chi connectivity index (χ0n) is 10.5. The molecule has 0 saturated carbocycles. The van der Waals surface area contributed by atoms with E-state index < -0.39 is 0 Å². The number of carbonyl (C=O) groups excluding carboxylic acids is 2. The number of rotatable bonds is 2. The summed E-state index contributed by atoms with van der Waals surface area (Å²) in [5.41, 5.74) is -0.230. The molecule has 0 aliphatic carbocycles. The Hall–Kier alpha value is -2.22. The van der Waals surface area contributed by atoms with Crippen LogP contribution in [0, 0.1) is 0 Å². The van der Waals surface area contributed by atoms with E-state index in [4.69, 9.17) is 0 Å². The van der Waals surface area contributed by atoms with Crippen molar-refractivity contribution >= 4 is 33.4 Å². The molecule has 1 aliphatic heterocycles. The maximum absolute atomic E-state index is 12.2. The molecule has 2 amide bonds. The Labute approximate surface area is 117 Å². The highest BCUT2D eigenvalue weighted by Gasteiger charge is 2.21. The first kappa shape index (κ1) is 12.8. The van der Waals surface area contributed by atoms with E-state index in [1.165, 1.54) is 27.1 Å². The molecule has 104 valence electrons. The summed E-state index contributed by atoms with van der Waals surface area (Å²) in [6.45, 7) is 0.862. The highest BCUT2D eigenvalue weighted by molar-refractivity contribution is 7.16. The van der Waals surface area contributed by atoms with Crippen LogP contribution in [0.15, 0.2) is 22.6 Å². The Morgan fingerprint density at radius 3 is 3.10 bits per heavy atom. The van der Waals surface area contributed by atoms with Crippen LogP contribution in [0.2, 0.25) is 0 Å². The first-order valence-electron chi connectivity index (χ1n) is 6.12. The first-order chi connectivity index (χ1) is 9.65. The van der Waals surface area contributed by atoms with E-state index in [1.807, 2.05) is 0 Å². The lowest BCUT2D eigenvalue weighted by Gasteiger charge is -2.26. The second-order valence-electron chi connectivity index (χ2n) is 4.48. The number of fused-ring (bicyclic) bond motifs is 1. The molecule has 1 saturated heterocycles. The molecule has 2 aromatic rings. The van der Waals surface area contributed by atoms with Gasteiger partial charge in [-0.25, -0.2) is 4.98 Å². The summed E-state index contributed by atoms with van der Waals surface area (Å²) >= 11 is 1.38. The summed E-state index contributed by atoms with van der Waals surface area (Å²) in [4.78, 5) is 41.8. The first-order valence-corrected chi connectivity index (χ1v) is 7.00. The highest BCUT2D eigenvalue weighted by atomic mass is 32.1. The van der Waals surface area contributed by atoms with Gasteiger partial charge in [0.15, 0.2) is 0 Å². The Balaban J connectivity index is 1.82. The van der Waals surface area contributed by atoms with Gasteiger partial charge in [-0.15, -0.1) is 11.3 Å². The molecule has 0 unspecified atom stereocenters. The Kier molecular flexibility index (Phi) is 3.23. The minimum Gasteiger partial charge on any atom is -0.353 e. The summed E-state index contributed by atoms with van der Waals surface area (Å²) in [5.74, 6) is -0.429. The van der Waals surface area contributed by atoms with E-state index in [1.54, 1.807) is 11.4 Å². The van der Waals surface area contributed by atoms with Gasteiger partial charge in [0.1, 0.15) is 11.4 Å². The van der Waals surface area contributed by atoms with Crippen molar-refractivity contribution < 1.29 is 9.59 Å². The number of hydrogen-bond acceptors (Lipinski definition) is 5. The second-order valence-corrected chi connectivity index (χ2v) is 5.38. The molecule has 0 atom stereocenters. The van der Waals surface area contributed by atoms with Crippen molar-refractivity contribution in [1.29, 1.82) is 0 Å². The van der Waals surface area contributed by atoms with Crippen molar-refractivity contribution in [3.05, 3.63) is 28.1 Å². The quantitative estimate of drug-likeness (QED) is 0.802. The molecule has 1 aliphatic rings. The van der Waals surface area contributed by atoms with E-state index in [0.29, 0.717) is 23.3 Å². The van der Waals surface area contributed by atoms with E-state index in [0.717, 1.165) is 0 Å². The number of thiophene rings is 1. The van der Waals surface area contributed by atoms with Crippen LogP contribution in [0.5, 0.6) is 0 Å². The molecular weight excluding hydrogens is 280 g/mol. The van der Waals surface area contributed by atoms with Crippen molar-refractivity contribution in [3.8, 4) is 0 Å². The molecule has 1 fully saturated rings. The maximum atomic E-state index is 12.2. The predicted molar refractivity (Wildman–Crippen MR) is 73.5 cm³/mol. The van der Waals surface area contributed by atoms with E-state index in [2.05, 4.69) is 10.3 Å². The zero-order chi connectivity index (χ0) is 14.1. The van der Waals surface area contributed by atoms with Gasteiger partial charge in [0, 0.05) is 13.1 Å². The molecule has 0 aromatic carbocycles. The topological polar surface area (TPSA) is 84.3 Å². The van der Waals surface area contributed by atoms with Crippen molar-refractivity contribution in [2.75, 3.05) is 19.6 Å². The van der Waals surface area contributed by atoms with Crippen molar-refractivity contribution in [2.24, 2.45) is 0 Å². The fraction of sp³-hybridized carbons (Fsp3) is 0.333. The molecular formula is C12H12N4O3S. The lowest BCUT2D eigenvalue weighted by Crippen LogP contribution is -2.51. The van der Waals surface area contributed by atoms with Crippen LogP contribution in [0.3, 0.4) is 0 Å². The van der Waals surface area contributed by atoms with E-state index in [9.17, 15) is 14.4 Å². The van der Waals surface area contributed by atoms with E-state index in [-0.39, 0.29) is 30.5 Å². The number of hydrogen-bond donors (Lipinski definition) is 1. The van der Waals surface area contributed by atoms with Crippen LogP contribution in [-0.4, -0.2) is 45.9 Å². The average Bonchev–Trinajstić information content (AvgIpc) is 2.91. The summed E-state index contributed by atoms with van der Waals surface area (Å²) in [6.07, 6.45) is 1.38. The smallest absolute Gasteiger partial charge is 0.262 e. The van der Waals surface area contributed by atoms with Crippen molar-refractivity contribution in [3.63, 3.8) is 0 Å². The summed E-state index contributed by atoms with van der Waals surface area (Å²) in [7, 11) is 0. The van der Waals surface area contributed by atoms with E-state index >= 15 is 0 Å².